The summed E-state index contributed by atoms with van der Waals surface area (Å²) in [6, 6.07) is 9.85. The van der Waals surface area contributed by atoms with Crippen molar-refractivity contribution < 1.29 is 4.68 Å². The monoisotopic (exact) mass is 191 g/mol. The molecule has 1 aromatic heterocycles. The van der Waals surface area contributed by atoms with Crippen LogP contribution < -0.4 is 4.68 Å². The summed E-state index contributed by atoms with van der Waals surface area (Å²) in [5.74, 6) is 0. The predicted octanol–water partition coefficient (Wildman–Crippen LogP) is 0.603. The van der Waals surface area contributed by atoms with Crippen LogP contribution in [0.15, 0.2) is 41.6 Å². The Morgan fingerprint density at radius 1 is 1.31 bits per heavy atom. The largest absolute Gasteiger partial charge is 0.731 e. The van der Waals surface area contributed by atoms with E-state index in [4.69, 9.17) is 12.6 Å². The summed E-state index contributed by atoms with van der Waals surface area (Å²) in [5, 5.41) is 4.93. The SMILES string of the molecule is C[n+]1cc([S-])n(-c2ccccc2)n1. The average Bonchev–Trinajstić information content (AvgIpc) is 2.47. The molecular weight excluding hydrogens is 182 g/mol. The number of nitrogens with zero attached hydrogens (tertiary/aromatic N) is 3. The van der Waals surface area contributed by atoms with Crippen LogP contribution in [0.25, 0.3) is 5.69 Å². The smallest absolute Gasteiger partial charge is 0.153 e. The first-order valence-electron chi connectivity index (χ1n) is 3.96. The van der Waals surface area contributed by atoms with Crippen molar-refractivity contribution in [2.75, 3.05) is 0 Å². The van der Waals surface area contributed by atoms with Crippen molar-refractivity contribution >= 4 is 12.6 Å². The molecule has 0 fully saturated rings. The van der Waals surface area contributed by atoms with Gasteiger partial charge in [-0.1, -0.05) is 18.2 Å². The maximum absolute atomic E-state index is 5.13. The molecule has 1 heterocycles. The number of benzene rings is 1. The van der Waals surface area contributed by atoms with Crippen LogP contribution >= 0.6 is 0 Å². The third-order valence-electron chi connectivity index (χ3n) is 1.74. The number of para-hydroxylation sites is 1. The average molecular weight is 191 g/mol. The zero-order valence-electron chi connectivity index (χ0n) is 7.21. The molecule has 0 atom stereocenters. The van der Waals surface area contributed by atoms with Gasteiger partial charge in [0.15, 0.2) is 5.69 Å². The van der Waals surface area contributed by atoms with Crippen LogP contribution in [0, 0.1) is 0 Å². The molecule has 4 heteroatoms. The fourth-order valence-electron chi connectivity index (χ4n) is 1.17. The van der Waals surface area contributed by atoms with Crippen molar-refractivity contribution in [1.82, 2.24) is 9.90 Å². The van der Waals surface area contributed by atoms with Gasteiger partial charge >= 0.3 is 0 Å². The molecule has 3 nitrogen and oxygen atoms in total. The Balaban J connectivity index is 2.53. The Hall–Kier alpha value is -1.42. The number of rotatable bonds is 1. The Kier molecular flexibility index (Phi) is 1.98. The second kappa shape index (κ2) is 3.14. The third-order valence-corrected chi connectivity index (χ3v) is 2.02. The van der Waals surface area contributed by atoms with Crippen LogP contribution in [0.4, 0.5) is 0 Å². The van der Waals surface area contributed by atoms with Crippen LogP contribution in [-0.2, 0) is 19.7 Å². The van der Waals surface area contributed by atoms with Gasteiger partial charge in [-0.25, -0.2) is 0 Å². The molecule has 0 saturated carbocycles. The second-order valence-electron chi connectivity index (χ2n) is 2.78. The molecule has 0 unspecified atom stereocenters. The minimum atomic E-state index is 0.716. The minimum absolute atomic E-state index is 0.716. The van der Waals surface area contributed by atoms with Crippen molar-refractivity contribution in [1.29, 1.82) is 0 Å². The van der Waals surface area contributed by atoms with E-state index in [0.29, 0.717) is 5.03 Å². The molecule has 0 aliphatic heterocycles. The molecule has 0 N–H and O–H groups in total. The van der Waals surface area contributed by atoms with E-state index in [-0.39, 0.29) is 0 Å². The first-order chi connectivity index (χ1) is 6.27. The Labute approximate surface area is 82.0 Å². The molecule has 0 radical (unpaired) electrons. The highest BCUT2D eigenvalue weighted by atomic mass is 32.1. The molecule has 2 aromatic rings. The first-order valence-corrected chi connectivity index (χ1v) is 4.36. The van der Waals surface area contributed by atoms with Gasteiger partial charge in [-0.3, -0.25) is 0 Å². The van der Waals surface area contributed by atoms with Crippen LogP contribution in [0.3, 0.4) is 0 Å². The summed E-state index contributed by atoms with van der Waals surface area (Å²) in [6.07, 6.45) is 1.81. The molecule has 13 heavy (non-hydrogen) atoms. The molecule has 0 amide bonds. The lowest BCUT2D eigenvalue weighted by Gasteiger charge is -1.99. The van der Waals surface area contributed by atoms with Gasteiger partial charge in [-0.2, -0.15) is 0 Å². The number of aryl methyl sites for hydroxylation is 1. The normalized spacial score (nSPS) is 10.2. The molecule has 0 spiro atoms. The summed E-state index contributed by atoms with van der Waals surface area (Å²) in [7, 11) is 1.86. The fraction of sp³-hybridized carbons (Fsp3) is 0.111. The molecule has 1 aromatic carbocycles. The van der Waals surface area contributed by atoms with Crippen LogP contribution in [0.5, 0.6) is 0 Å². The fourth-order valence-corrected chi connectivity index (χ4v) is 1.47. The predicted molar refractivity (Wildman–Crippen MR) is 50.4 cm³/mol. The van der Waals surface area contributed by atoms with Crippen molar-refractivity contribution in [2.45, 2.75) is 5.03 Å². The molecule has 2 rings (SSSR count). The maximum Gasteiger partial charge on any atom is 0.153 e. The van der Waals surface area contributed by atoms with Crippen molar-refractivity contribution in [3.8, 4) is 5.69 Å². The van der Waals surface area contributed by atoms with Gasteiger partial charge in [-0.05, 0) is 12.1 Å². The molecule has 0 aliphatic rings. The number of aromatic nitrogens is 3. The van der Waals surface area contributed by atoms with E-state index in [2.05, 4.69) is 5.21 Å². The van der Waals surface area contributed by atoms with Gasteiger partial charge in [0.25, 0.3) is 0 Å². The highest BCUT2D eigenvalue weighted by molar-refractivity contribution is 7.58. The number of hydrogen-bond acceptors (Lipinski definition) is 2. The molecule has 0 aliphatic carbocycles. The summed E-state index contributed by atoms with van der Waals surface area (Å²) in [6.45, 7) is 0. The Morgan fingerprint density at radius 3 is 2.54 bits per heavy atom. The summed E-state index contributed by atoms with van der Waals surface area (Å²) in [5.41, 5.74) is 0.994. The zero-order valence-corrected chi connectivity index (χ0v) is 8.03. The first kappa shape index (κ1) is 8.19. The van der Waals surface area contributed by atoms with Gasteiger partial charge in [0.05, 0.1) is 10.2 Å². The minimum Gasteiger partial charge on any atom is -0.731 e. The van der Waals surface area contributed by atoms with Crippen molar-refractivity contribution in [3.05, 3.63) is 36.5 Å². The van der Waals surface area contributed by atoms with E-state index < -0.39 is 0 Å². The molecule has 0 bridgehead atoms. The van der Waals surface area contributed by atoms with Gasteiger partial charge < -0.3 is 12.6 Å². The quantitative estimate of drug-likeness (QED) is 0.486. The number of hydrogen-bond donors (Lipinski definition) is 0. The summed E-state index contributed by atoms with van der Waals surface area (Å²) < 4.78 is 3.44. The van der Waals surface area contributed by atoms with Crippen LogP contribution in [-0.4, -0.2) is 9.90 Å². The standard InChI is InChI=1S/C9H9N3S/c1-11-7-9(13)12(10-11)8-5-3-2-4-6-8/h2-7H,1H3. The lowest BCUT2D eigenvalue weighted by atomic mass is 10.3. The third kappa shape index (κ3) is 1.53. The van der Waals surface area contributed by atoms with Crippen molar-refractivity contribution in [3.63, 3.8) is 0 Å². The van der Waals surface area contributed by atoms with Crippen LogP contribution in [0.1, 0.15) is 0 Å². The zero-order chi connectivity index (χ0) is 9.26. The maximum atomic E-state index is 5.13. The highest BCUT2D eigenvalue weighted by Crippen LogP contribution is 2.06. The highest BCUT2D eigenvalue weighted by Gasteiger charge is 2.05. The summed E-state index contributed by atoms with van der Waals surface area (Å²) in [4.78, 5) is 0. The van der Waals surface area contributed by atoms with E-state index in [1.54, 1.807) is 9.36 Å². The Bertz CT molecular complexity index is 408. The molecular formula is C9H9N3S. The van der Waals surface area contributed by atoms with Crippen molar-refractivity contribution in [2.24, 2.45) is 7.05 Å². The van der Waals surface area contributed by atoms with E-state index in [0.717, 1.165) is 5.69 Å². The summed E-state index contributed by atoms with van der Waals surface area (Å²) >= 11 is 5.13. The van der Waals surface area contributed by atoms with E-state index in [1.165, 1.54) is 0 Å². The lowest BCUT2D eigenvalue weighted by molar-refractivity contribution is -0.732. The van der Waals surface area contributed by atoms with Gasteiger partial charge in [0.1, 0.15) is 13.2 Å². The van der Waals surface area contributed by atoms with Crippen LogP contribution in [0.2, 0.25) is 0 Å². The molecule has 66 valence electrons. The van der Waals surface area contributed by atoms with Gasteiger partial charge in [0.2, 0.25) is 0 Å². The second-order valence-corrected chi connectivity index (χ2v) is 3.20. The van der Waals surface area contributed by atoms with E-state index in [1.807, 2.05) is 43.6 Å². The van der Waals surface area contributed by atoms with E-state index >= 15 is 0 Å². The Morgan fingerprint density at radius 2 is 2.00 bits per heavy atom. The topological polar surface area (TPSA) is 21.7 Å². The van der Waals surface area contributed by atoms with E-state index in [9.17, 15) is 0 Å². The van der Waals surface area contributed by atoms with Gasteiger partial charge in [0, 0.05) is 0 Å². The lowest BCUT2D eigenvalue weighted by Crippen LogP contribution is -2.30. The van der Waals surface area contributed by atoms with Gasteiger partial charge in [-0.15, -0.1) is 9.36 Å². The molecule has 0 saturated heterocycles.